The fourth-order valence-corrected chi connectivity index (χ4v) is 4.63. The normalized spacial score (nSPS) is 13.5. The number of hydrogen-bond acceptors (Lipinski definition) is 6. The van der Waals surface area contributed by atoms with Gasteiger partial charge in [0, 0.05) is 43.5 Å². The van der Waals surface area contributed by atoms with Gasteiger partial charge in [0.2, 0.25) is 11.8 Å². The van der Waals surface area contributed by atoms with Crippen LogP contribution in [0.4, 0.5) is 10.5 Å². The van der Waals surface area contributed by atoms with Gasteiger partial charge in [-0.1, -0.05) is 72.8 Å². The minimum atomic E-state index is -0.501. The third kappa shape index (κ3) is 7.78. The Bertz CT molecular complexity index is 1430. The van der Waals surface area contributed by atoms with Crippen LogP contribution in [0.5, 0.6) is 11.8 Å². The van der Waals surface area contributed by atoms with E-state index in [0.29, 0.717) is 38.1 Å². The molecule has 5 rings (SSSR count). The van der Waals surface area contributed by atoms with E-state index < -0.39 is 5.60 Å². The first kappa shape index (κ1) is 28.0. The maximum atomic E-state index is 12.5. The molecule has 0 unspecified atom stereocenters. The monoisotopic (exact) mass is 551 g/mol. The largest absolute Gasteiger partial charge is 0.473 e. The van der Waals surface area contributed by atoms with Crippen molar-refractivity contribution in [2.75, 3.05) is 31.1 Å². The van der Waals surface area contributed by atoms with E-state index in [4.69, 9.17) is 19.2 Å². The van der Waals surface area contributed by atoms with E-state index in [1.807, 2.05) is 99.6 Å². The second-order valence-corrected chi connectivity index (χ2v) is 11.1. The van der Waals surface area contributed by atoms with Crippen LogP contribution in [0.2, 0.25) is 0 Å². The number of aromatic nitrogens is 1. The molecule has 0 spiro atoms. The zero-order chi connectivity index (χ0) is 28.7. The topological polar surface area (TPSA) is 64.1 Å². The molecule has 0 radical (unpaired) electrons. The van der Waals surface area contributed by atoms with E-state index in [-0.39, 0.29) is 6.09 Å². The van der Waals surface area contributed by atoms with Gasteiger partial charge in [-0.15, -0.1) is 0 Å². The molecular formula is C34H37N3O4. The van der Waals surface area contributed by atoms with E-state index in [1.54, 1.807) is 4.90 Å². The van der Waals surface area contributed by atoms with E-state index in [1.165, 1.54) is 0 Å². The molecular weight excluding hydrogens is 514 g/mol. The Balaban J connectivity index is 1.33. The fourth-order valence-electron chi connectivity index (χ4n) is 4.63. The Labute approximate surface area is 242 Å². The summed E-state index contributed by atoms with van der Waals surface area (Å²) in [6.07, 6.45) is -0.258. The lowest BCUT2D eigenvalue weighted by molar-refractivity contribution is 0.0240. The smallest absolute Gasteiger partial charge is 0.410 e. The van der Waals surface area contributed by atoms with Gasteiger partial charge in [0.1, 0.15) is 18.8 Å². The molecule has 7 nitrogen and oxygen atoms in total. The summed E-state index contributed by atoms with van der Waals surface area (Å²) in [5.41, 5.74) is 4.62. The van der Waals surface area contributed by atoms with Crippen LogP contribution in [-0.4, -0.2) is 47.8 Å². The van der Waals surface area contributed by atoms with E-state index in [9.17, 15) is 4.79 Å². The van der Waals surface area contributed by atoms with Crippen LogP contribution in [-0.2, 0) is 18.0 Å². The summed E-state index contributed by atoms with van der Waals surface area (Å²) in [5.74, 6) is 1.03. The molecule has 1 fully saturated rings. The zero-order valence-electron chi connectivity index (χ0n) is 24.0. The van der Waals surface area contributed by atoms with Gasteiger partial charge in [-0.3, -0.25) is 0 Å². The summed E-state index contributed by atoms with van der Waals surface area (Å²) < 4.78 is 17.8. The van der Waals surface area contributed by atoms with Crippen molar-refractivity contribution in [1.29, 1.82) is 0 Å². The predicted molar refractivity (Wildman–Crippen MR) is 161 cm³/mol. The van der Waals surface area contributed by atoms with Gasteiger partial charge in [0.25, 0.3) is 0 Å². The van der Waals surface area contributed by atoms with Gasteiger partial charge < -0.3 is 24.0 Å². The highest BCUT2D eigenvalue weighted by atomic mass is 16.6. The van der Waals surface area contributed by atoms with Gasteiger partial charge in [-0.05, 0) is 55.7 Å². The molecule has 212 valence electrons. The molecule has 41 heavy (non-hydrogen) atoms. The van der Waals surface area contributed by atoms with Crippen LogP contribution in [0, 0.1) is 0 Å². The molecule has 0 saturated carbocycles. The molecule has 0 N–H and O–H groups in total. The molecule has 2 heterocycles. The summed E-state index contributed by atoms with van der Waals surface area (Å²) in [6.45, 7) is 9.17. The maximum absolute atomic E-state index is 12.5. The number of pyridine rings is 1. The Kier molecular flexibility index (Phi) is 8.73. The highest BCUT2D eigenvalue weighted by Crippen LogP contribution is 2.34. The zero-order valence-corrected chi connectivity index (χ0v) is 24.0. The number of anilines is 1. The molecule has 7 heteroatoms. The number of hydrogen-bond donors (Lipinski definition) is 0. The van der Waals surface area contributed by atoms with Gasteiger partial charge >= 0.3 is 6.09 Å². The number of rotatable bonds is 8. The highest BCUT2D eigenvalue weighted by Gasteiger charge is 2.26. The second-order valence-electron chi connectivity index (χ2n) is 11.1. The number of carbonyl (C=O) groups is 1. The van der Waals surface area contributed by atoms with Crippen molar-refractivity contribution in [3.05, 3.63) is 108 Å². The van der Waals surface area contributed by atoms with Gasteiger partial charge in [-0.2, -0.15) is 4.98 Å². The van der Waals surface area contributed by atoms with Gasteiger partial charge in [0.15, 0.2) is 0 Å². The van der Waals surface area contributed by atoms with Crippen molar-refractivity contribution in [2.45, 2.75) is 39.6 Å². The number of carbonyl (C=O) groups excluding carboxylic acids is 1. The molecule has 1 amide bonds. The highest BCUT2D eigenvalue weighted by molar-refractivity contribution is 5.73. The van der Waals surface area contributed by atoms with Gasteiger partial charge in [0.05, 0.1) is 0 Å². The van der Waals surface area contributed by atoms with Crippen molar-refractivity contribution < 1.29 is 19.0 Å². The lowest BCUT2D eigenvalue weighted by atomic mass is 10.1. The first-order valence-electron chi connectivity index (χ1n) is 14.0. The minimum absolute atomic E-state index is 0.258. The molecule has 1 saturated heterocycles. The van der Waals surface area contributed by atoms with Crippen molar-refractivity contribution in [3.8, 4) is 22.9 Å². The third-order valence-corrected chi connectivity index (χ3v) is 6.74. The number of benzene rings is 3. The number of ether oxygens (including phenoxy) is 3. The molecule has 1 aliphatic heterocycles. The van der Waals surface area contributed by atoms with Crippen LogP contribution in [0.25, 0.3) is 11.1 Å². The lowest BCUT2D eigenvalue weighted by Gasteiger charge is -2.36. The van der Waals surface area contributed by atoms with Crippen molar-refractivity contribution in [2.24, 2.45) is 0 Å². The Morgan fingerprint density at radius 2 is 1.39 bits per heavy atom. The van der Waals surface area contributed by atoms with Crippen molar-refractivity contribution in [1.82, 2.24) is 9.88 Å². The van der Waals surface area contributed by atoms with E-state index >= 15 is 0 Å². The van der Waals surface area contributed by atoms with Crippen LogP contribution >= 0.6 is 0 Å². The minimum Gasteiger partial charge on any atom is -0.473 e. The molecule has 1 aliphatic rings. The van der Waals surface area contributed by atoms with E-state index in [2.05, 4.69) is 23.1 Å². The van der Waals surface area contributed by atoms with Gasteiger partial charge in [-0.25, -0.2) is 4.79 Å². The quantitative estimate of drug-likeness (QED) is 0.236. The van der Waals surface area contributed by atoms with E-state index in [0.717, 1.165) is 41.0 Å². The standard InChI is InChI=1S/C34H37N3O4/c1-34(2,3)41-33(38)37-21-19-36(20-22-37)29-16-10-15-28(23-29)30-17-18-31(39-24-26-11-6-4-7-12-26)35-32(30)40-25-27-13-8-5-9-14-27/h4-18,23H,19-22,24-25H2,1-3H3. The van der Waals surface area contributed by atoms with Crippen LogP contribution in [0.3, 0.4) is 0 Å². The van der Waals surface area contributed by atoms with Crippen LogP contribution in [0.1, 0.15) is 31.9 Å². The second kappa shape index (κ2) is 12.8. The molecule has 0 bridgehead atoms. The number of nitrogens with zero attached hydrogens (tertiary/aromatic N) is 3. The maximum Gasteiger partial charge on any atom is 0.410 e. The molecule has 0 aliphatic carbocycles. The Morgan fingerprint density at radius 3 is 2.02 bits per heavy atom. The first-order chi connectivity index (χ1) is 19.8. The van der Waals surface area contributed by atoms with Crippen LogP contribution < -0.4 is 14.4 Å². The summed E-state index contributed by atoms with van der Waals surface area (Å²) in [4.78, 5) is 21.3. The summed E-state index contributed by atoms with van der Waals surface area (Å²) in [7, 11) is 0. The fraction of sp³-hybridized carbons (Fsp3) is 0.294. The summed E-state index contributed by atoms with van der Waals surface area (Å²) in [6, 6.07) is 32.3. The first-order valence-corrected chi connectivity index (χ1v) is 14.0. The molecule has 4 aromatic rings. The Morgan fingerprint density at radius 1 is 0.756 bits per heavy atom. The number of amides is 1. The average Bonchev–Trinajstić information content (AvgIpc) is 2.99. The predicted octanol–water partition coefficient (Wildman–Crippen LogP) is 6.96. The third-order valence-electron chi connectivity index (χ3n) is 6.74. The SMILES string of the molecule is CC(C)(C)OC(=O)N1CCN(c2cccc(-c3ccc(OCc4ccccc4)nc3OCc3ccccc3)c2)CC1. The summed E-state index contributed by atoms with van der Waals surface area (Å²) in [5, 5.41) is 0. The molecule has 1 aromatic heterocycles. The Hall–Kier alpha value is -4.52. The van der Waals surface area contributed by atoms with Crippen molar-refractivity contribution in [3.63, 3.8) is 0 Å². The average molecular weight is 552 g/mol. The van der Waals surface area contributed by atoms with Crippen molar-refractivity contribution >= 4 is 11.8 Å². The van der Waals surface area contributed by atoms with Crippen LogP contribution in [0.15, 0.2) is 97.1 Å². The lowest BCUT2D eigenvalue weighted by Crippen LogP contribution is -2.50. The molecule has 3 aromatic carbocycles. The molecule has 0 atom stereocenters. The summed E-state index contributed by atoms with van der Waals surface area (Å²) >= 11 is 0. The number of piperazine rings is 1.